The molecule has 0 spiro atoms. The van der Waals surface area contributed by atoms with Crippen LogP contribution in [0.5, 0.6) is 0 Å². The highest BCUT2D eigenvalue weighted by Gasteiger charge is 2.57. The number of rotatable bonds is 4. The average Bonchev–Trinajstić information content (AvgIpc) is 2.98. The van der Waals surface area contributed by atoms with Gasteiger partial charge in [0.25, 0.3) is 11.8 Å². The number of anilines is 1. The minimum absolute atomic E-state index is 0.125. The lowest BCUT2D eigenvalue weighted by molar-refractivity contribution is -0.125. The maximum Gasteiger partial charge on any atom is 0.270 e. The van der Waals surface area contributed by atoms with Crippen molar-refractivity contribution in [3.63, 3.8) is 0 Å². The van der Waals surface area contributed by atoms with Crippen LogP contribution in [0.25, 0.3) is 0 Å². The summed E-state index contributed by atoms with van der Waals surface area (Å²) < 4.78 is 0. The Hall–Kier alpha value is -2.89. The number of hydrogen-bond donors (Lipinski definition) is 1. The number of nitrogens with zero attached hydrogens (tertiary/aromatic N) is 3. The van der Waals surface area contributed by atoms with Gasteiger partial charge in [-0.2, -0.15) is 0 Å². The number of benzene rings is 1. The molecule has 1 aliphatic heterocycles. The molecule has 7 heteroatoms. The molecule has 4 rings (SSSR count). The number of hydrogen-bond acceptors (Lipinski definition) is 5. The van der Waals surface area contributed by atoms with Crippen LogP contribution in [0.2, 0.25) is 0 Å². The summed E-state index contributed by atoms with van der Waals surface area (Å²) >= 11 is 4.97. The normalized spacial score (nSPS) is 25.8. The third kappa shape index (κ3) is 3.16. The number of fused-ring (bicyclic) bond motifs is 1. The average molecular weight is 407 g/mol. The summed E-state index contributed by atoms with van der Waals surface area (Å²) in [6.07, 6.45) is 5.08. The summed E-state index contributed by atoms with van der Waals surface area (Å²) in [6, 6.07) is 12.7. The molecule has 29 heavy (non-hydrogen) atoms. The second kappa shape index (κ2) is 7.85. The van der Waals surface area contributed by atoms with Crippen molar-refractivity contribution >= 4 is 34.9 Å². The zero-order chi connectivity index (χ0) is 20.4. The molecule has 2 aromatic rings. The molecule has 0 radical (unpaired) electrons. The molecule has 148 valence electrons. The van der Waals surface area contributed by atoms with Crippen LogP contribution in [-0.4, -0.2) is 35.0 Å². The Labute approximate surface area is 175 Å². The van der Waals surface area contributed by atoms with Gasteiger partial charge in [-0.1, -0.05) is 37.1 Å². The fourth-order valence-electron chi connectivity index (χ4n) is 4.73. The lowest BCUT2D eigenvalue weighted by Gasteiger charge is -2.40. The van der Waals surface area contributed by atoms with Gasteiger partial charge in [0, 0.05) is 36.5 Å². The van der Waals surface area contributed by atoms with E-state index in [1.54, 1.807) is 36.3 Å². The molecule has 0 unspecified atom stereocenters. The van der Waals surface area contributed by atoms with E-state index in [1.807, 2.05) is 24.3 Å². The number of thiocarbonyl (C=S) groups is 1. The van der Waals surface area contributed by atoms with Gasteiger partial charge in [-0.3, -0.25) is 14.6 Å². The molecule has 1 aliphatic carbocycles. The van der Waals surface area contributed by atoms with Crippen molar-refractivity contribution < 1.29 is 9.59 Å². The third-order valence-electron chi connectivity index (χ3n) is 6.05. The van der Waals surface area contributed by atoms with Crippen LogP contribution in [0.1, 0.15) is 41.7 Å². The van der Waals surface area contributed by atoms with Crippen molar-refractivity contribution in [2.24, 2.45) is 10.9 Å². The van der Waals surface area contributed by atoms with Crippen molar-refractivity contribution in [2.45, 2.75) is 37.3 Å². The van der Waals surface area contributed by atoms with Gasteiger partial charge in [-0.25, -0.2) is 4.99 Å². The van der Waals surface area contributed by atoms with E-state index in [1.165, 1.54) is 0 Å². The number of likely N-dealkylation sites (N-methyl/N-ethyl adjacent to an activating group) is 1. The monoisotopic (exact) mass is 406 g/mol. The predicted octanol–water partition coefficient (Wildman–Crippen LogP) is 3.34. The summed E-state index contributed by atoms with van der Waals surface area (Å²) in [4.78, 5) is 36.6. The molecule has 6 nitrogen and oxygen atoms in total. The quantitative estimate of drug-likeness (QED) is 0.624. The van der Waals surface area contributed by atoms with Crippen LogP contribution < -0.4 is 10.2 Å². The Bertz CT molecular complexity index is 989. The molecule has 0 bridgehead atoms. The molecule has 1 saturated carbocycles. The lowest BCUT2D eigenvalue weighted by atomic mass is 9.69. The van der Waals surface area contributed by atoms with Gasteiger partial charge in [-0.05, 0) is 43.3 Å². The zero-order valence-electron chi connectivity index (χ0n) is 16.2. The molecule has 2 aliphatic rings. The summed E-state index contributed by atoms with van der Waals surface area (Å²) in [6.45, 7) is 0. The van der Waals surface area contributed by atoms with E-state index in [0.717, 1.165) is 36.9 Å². The first-order chi connectivity index (χ1) is 14.1. The fourth-order valence-corrected chi connectivity index (χ4v) is 4.88. The van der Waals surface area contributed by atoms with Gasteiger partial charge in [0.15, 0.2) is 5.54 Å². The van der Waals surface area contributed by atoms with E-state index in [9.17, 15) is 9.59 Å². The van der Waals surface area contributed by atoms with E-state index in [0.29, 0.717) is 5.69 Å². The third-order valence-corrected chi connectivity index (χ3v) is 6.14. The van der Waals surface area contributed by atoms with Crippen molar-refractivity contribution in [1.82, 2.24) is 10.3 Å². The Balaban J connectivity index is 1.75. The zero-order valence-corrected chi connectivity index (χ0v) is 17.0. The van der Waals surface area contributed by atoms with Gasteiger partial charge in [-0.15, -0.1) is 0 Å². The molecular formula is C22H22N4O2S. The minimum Gasteiger partial charge on any atom is -0.348 e. The number of para-hydroxylation sites is 1. The van der Waals surface area contributed by atoms with Gasteiger partial charge in [0.1, 0.15) is 5.69 Å². The summed E-state index contributed by atoms with van der Waals surface area (Å²) in [7, 11) is 1.76. The first kappa shape index (κ1) is 19.4. The van der Waals surface area contributed by atoms with E-state index >= 15 is 0 Å². The molecule has 1 fully saturated rings. The fraction of sp³-hybridized carbons (Fsp3) is 0.364. The Morgan fingerprint density at radius 2 is 2.00 bits per heavy atom. The van der Waals surface area contributed by atoms with Crippen molar-refractivity contribution in [3.05, 3.63) is 59.9 Å². The van der Waals surface area contributed by atoms with Crippen molar-refractivity contribution in [1.29, 1.82) is 0 Å². The highest BCUT2D eigenvalue weighted by molar-refractivity contribution is 7.78. The number of carbonyl (C=O) groups excluding carboxylic acids is 2. The maximum absolute atomic E-state index is 13.5. The van der Waals surface area contributed by atoms with Crippen LogP contribution in [0.15, 0.2) is 53.7 Å². The van der Waals surface area contributed by atoms with Gasteiger partial charge < -0.3 is 10.2 Å². The second-order valence-corrected chi connectivity index (χ2v) is 7.72. The van der Waals surface area contributed by atoms with Crippen LogP contribution in [0.3, 0.4) is 0 Å². The first-order valence-electron chi connectivity index (χ1n) is 9.78. The van der Waals surface area contributed by atoms with Crippen LogP contribution >= 0.6 is 12.2 Å². The smallest absolute Gasteiger partial charge is 0.270 e. The molecule has 0 saturated heterocycles. The Morgan fingerprint density at radius 1 is 1.24 bits per heavy atom. The number of amides is 2. The van der Waals surface area contributed by atoms with Crippen LogP contribution in [0, 0.1) is 5.92 Å². The highest BCUT2D eigenvalue weighted by atomic mass is 32.1. The Kier molecular flexibility index (Phi) is 5.26. The van der Waals surface area contributed by atoms with E-state index < -0.39 is 5.54 Å². The number of isothiocyanates is 1. The van der Waals surface area contributed by atoms with Gasteiger partial charge >= 0.3 is 0 Å². The largest absolute Gasteiger partial charge is 0.348 e. The highest BCUT2D eigenvalue weighted by Crippen LogP contribution is 2.50. The number of pyridine rings is 1. The molecule has 1 aromatic heterocycles. The maximum atomic E-state index is 13.5. The van der Waals surface area contributed by atoms with E-state index in [-0.39, 0.29) is 23.8 Å². The number of nitrogens with one attached hydrogen (secondary N) is 1. The Morgan fingerprint density at radius 3 is 2.76 bits per heavy atom. The molecule has 3 atom stereocenters. The first-order valence-corrected chi connectivity index (χ1v) is 10.2. The molecule has 1 aromatic carbocycles. The molecule has 2 heterocycles. The summed E-state index contributed by atoms with van der Waals surface area (Å²) in [5, 5.41) is 5.60. The number of aliphatic imine (C=N–C) groups is 1. The lowest BCUT2D eigenvalue weighted by Crippen LogP contribution is -2.54. The van der Waals surface area contributed by atoms with E-state index in [2.05, 4.69) is 20.5 Å². The molecular weight excluding hydrogens is 384 g/mol. The van der Waals surface area contributed by atoms with Gasteiger partial charge in [0.2, 0.25) is 0 Å². The second-order valence-electron chi connectivity index (χ2n) is 7.54. The van der Waals surface area contributed by atoms with Crippen LogP contribution in [-0.2, 0) is 10.3 Å². The van der Waals surface area contributed by atoms with Crippen molar-refractivity contribution in [2.75, 3.05) is 11.9 Å². The minimum atomic E-state index is -1.16. The van der Waals surface area contributed by atoms with E-state index in [4.69, 9.17) is 12.2 Å². The van der Waals surface area contributed by atoms with Gasteiger partial charge in [0.05, 0.1) is 5.16 Å². The van der Waals surface area contributed by atoms with Crippen molar-refractivity contribution in [3.8, 4) is 0 Å². The standard InChI is InChI=1S/C22H22N4O2S/c1-26-19-12-5-3-9-16(19)22(21(26)28,24-14-29)15-8-2-4-10-17(15)25-20(27)18-11-6-7-13-23-18/h3,5-7,9,11-13,15,17H,2,4,8,10H2,1H3,(H,25,27)/t15-,17-,22-/m0/s1. The molecule has 1 N–H and O–H groups in total. The molecule has 2 amide bonds. The number of aromatic nitrogens is 1. The summed E-state index contributed by atoms with van der Waals surface area (Å²) in [5.74, 6) is -0.575. The topological polar surface area (TPSA) is 74.7 Å². The predicted molar refractivity (Wildman–Crippen MR) is 114 cm³/mol. The van der Waals surface area contributed by atoms with Crippen LogP contribution in [0.4, 0.5) is 5.69 Å². The summed E-state index contributed by atoms with van der Waals surface area (Å²) in [5.41, 5.74) is 0.857. The number of carbonyl (C=O) groups is 2. The SMILES string of the molecule is CN1C(=O)[C@](N=C=S)([C@H]2CCCC[C@@H]2NC(=O)c2ccccn2)c2ccccc21.